The number of halogens is 1. The van der Waals surface area contributed by atoms with Gasteiger partial charge in [-0.05, 0) is 18.2 Å². The number of amides is 1. The second-order valence-electron chi connectivity index (χ2n) is 5.33. The maximum Gasteiger partial charge on any atom is 0.257 e. The van der Waals surface area contributed by atoms with Crippen molar-refractivity contribution in [3.63, 3.8) is 0 Å². The van der Waals surface area contributed by atoms with Crippen molar-refractivity contribution < 1.29 is 19.0 Å². The molecule has 1 aromatic heterocycles. The normalized spacial score (nSPS) is 14.0. The van der Waals surface area contributed by atoms with E-state index in [2.05, 4.69) is 4.98 Å². The monoisotopic (exact) mass is 348 g/mol. The summed E-state index contributed by atoms with van der Waals surface area (Å²) in [5.41, 5.74) is 0.501. The Kier molecular flexibility index (Phi) is 4.76. The number of ether oxygens (including phenoxy) is 3. The van der Waals surface area contributed by atoms with Crippen molar-refractivity contribution in [2.24, 2.45) is 0 Å². The second kappa shape index (κ2) is 6.97. The van der Waals surface area contributed by atoms with E-state index in [1.807, 2.05) is 0 Å². The van der Waals surface area contributed by atoms with Gasteiger partial charge in [-0.25, -0.2) is 4.98 Å². The molecule has 0 atom stereocenters. The number of carbonyl (C=O) groups is 1. The number of rotatable bonds is 5. The largest absolute Gasteiger partial charge is 0.497 e. The van der Waals surface area contributed by atoms with Crippen LogP contribution in [0.2, 0.25) is 5.02 Å². The standard InChI is InChI=1S/C17H17ClN2O4/c1-22-12-4-5-14(15(7-12)23-2)17(21)20-9-13(10-20)24-16-6-3-11(18)8-19-16/h3-8,13H,9-10H2,1-2H3. The highest BCUT2D eigenvalue weighted by molar-refractivity contribution is 6.30. The quantitative estimate of drug-likeness (QED) is 0.831. The molecule has 3 rings (SSSR count). The van der Waals surface area contributed by atoms with Crippen LogP contribution in [0.25, 0.3) is 0 Å². The van der Waals surface area contributed by atoms with E-state index in [-0.39, 0.29) is 12.0 Å². The van der Waals surface area contributed by atoms with Crippen molar-refractivity contribution in [1.29, 1.82) is 0 Å². The van der Waals surface area contributed by atoms with Crippen molar-refractivity contribution in [3.8, 4) is 17.4 Å². The summed E-state index contributed by atoms with van der Waals surface area (Å²) < 4.78 is 16.1. The first kappa shape index (κ1) is 16.4. The van der Waals surface area contributed by atoms with Crippen LogP contribution in [0.5, 0.6) is 17.4 Å². The molecule has 1 aromatic carbocycles. The summed E-state index contributed by atoms with van der Waals surface area (Å²) in [7, 11) is 3.10. The first-order valence-electron chi connectivity index (χ1n) is 7.40. The average molecular weight is 349 g/mol. The van der Waals surface area contributed by atoms with Gasteiger partial charge in [0.15, 0.2) is 0 Å². The van der Waals surface area contributed by atoms with E-state index in [1.165, 1.54) is 13.3 Å². The van der Waals surface area contributed by atoms with E-state index in [9.17, 15) is 4.79 Å². The number of benzene rings is 1. The highest BCUT2D eigenvalue weighted by Gasteiger charge is 2.34. The first-order chi connectivity index (χ1) is 11.6. The Labute approximate surface area is 144 Å². The highest BCUT2D eigenvalue weighted by Crippen LogP contribution is 2.27. The molecule has 1 aliphatic heterocycles. The molecule has 126 valence electrons. The van der Waals surface area contributed by atoms with E-state index < -0.39 is 0 Å². The smallest absolute Gasteiger partial charge is 0.257 e. The van der Waals surface area contributed by atoms with Gasteiger partial charge in [-0.1, -0.05) is 11.6 Å². The molecule has 24 heavy (non-hydrogen) atoms. The summed E-state index contributed by atoms with van der Waals surface area (Å²) in [6.07, 6.45) is 1.45. The van der Waals surface area contributed by atoms with E-state index in [0.717, 1.165) is 0 Å². The summed E-state index contributed by atoms with van der Waals surface area (Å²) in [5, 5.41) is 0.555. The number of likely N-dealkylation sites (tertiary alicyclic amines) is 1. The zero-order chi connectivity index (χ0) is 17.1. The molecule has 0 unspecified atom stereocenters. The summed E-state index contributed by atoms with van der Waals surface area (Å²) >= 11 is 5.79. The maximum atomic E-state index is 12.6. The summed E-state index contributed by atoms with van der Waals surface area (Å²) in [4.78, 5) is 18.3. The molecule has 1 fully saturated rings. The number of pyridine rings is 1. The van der Waals surface area contributed by atoms with Crippen LogP contribution in [0.1, 0.15) is 10.4 Å². The molecule has 0 radical (unpaired) electrons. The van der Waals surface area contributed by atoms with Crippen molar-refractivity contribution in [2.45, 2.75) is 6.10 Å². The first-order valence-corrected chi connectivity index (χ1v) is 7.78. The predicted octanol–water partition coefficient (Wildman–Crippen LogP) is 2.66. The Hall–Kier alpha value is -2.47. The molecular weight excluding hydrogens is 332 g/mol. The minimum Gasteiger partial charge on any atom is -0.497 e. The lowest BCUT2D eigenvalue weighted by atomic mass is 10.1. The third kappa shape index (κ3) is 3.38. The molecule has 2 heterocycles. The molecule has 1 saturated heterocycles. The Morgan fingerprint density at radius 3 is 2.62 bits per heavy atom. The van der Waals surface area contributed by atoms with Gasteiger partial charge in [-0.3, -0.25) is 4.79 Å². The number of hydrogen-bond acceptors (Lipinski definition) is 5. The van der Waals surface area contributed by atoms with Crippen LogP contribution in [0.15, 0.2) is 36.5 Å². The zero-order valence-electron chi connectivity index (χ0n) is 13.4. The molecule has 0 N–H and O–H groups in total. The third-order valence-electron chi connectivity index (χ3n) is 3.76. The van der Waals surface area contributed by atoms with Crippen molar-refractivity contribution in [1.82, 2.24) is 9.88 Å². The van der Waals surface area contributed by atoms with Gasteiger partial charge in [-0.2, -0.15) is 0 Å². The van der Waals surface area contributed by atoms with E-state index in [1.54, 1.807) is 42.3 Å². The fourth-order valence-electron chi connectivity index (χ4n) is 2.43. The van der Waals surface area contributed by atoms with Gasteiger partial charge in [-0.15, -0.1) is 0 Å². The van der Waals surface area contributed by atoms with E-state index >= 15 is 0 Å². The maximum absolute atomic E-state index is 12.6. The summed E-state index contributed by atoms with van der Waals surface area (Å²) in [5.74, 6) is 1.53. The Morgan fingerprint density at radius 2 is 2.00 bits per heavy atom. The zero-order valence-corrected chi connectivity index (χ0v) is 14.1. The van der Waals surface area contributed by atoms with Gasteiger partial charge >= 0.3 is 0 Å². The van der Waals surface area contributed by atoms with Crippen LogP contribution in [0.3, 0.4) is 0 Å². The van der Waals surface area contributed by atoms with Crippen LogP contribution in [-0.2, 0) is 0 Å². The van der Waals surface area contributed by atoms with Crippen LogP contribution < -0.4 is 14.2 Å². The van der Waals surface area contributed by atoms with Crippen LogP contribution in [0, 0.1) is 0 Å². The molecule has 0 aliphatic carbocycles. The van der Waals surface area contributed by atoms with Gasteiger partial charge in [0.2, 0.25) is 5.88 Å². The van der Waals surface area contributed by atoms with Crippen molar-refractivity contribution in [2.75, 3.05) is 27.3 Å². The molecule has 1 amide bonds. The molecule has 0 spiro atoms. The van der Waals surface area contributed by atoms with Crippen molar-refractivity contribution in [3.05, 3.63) is 47.1 Å². The lowest BCUT2D eigenvalue weighted by Crippen LogP contribution is -2.56. The van der Waals surface area contributed by atoms with Gasteiger partial charge in [0, 0.05) is 18.3 Å². The van der Waals surface area contributed by atoms with Gasteiger partial charge in [0.05, 0.1) is 37.9 Å². The molecule has 0 bridgehead atoms. The number of methoxy groups -OCH3 is 2. The number of aromatic nitrogens is 1. The van der Waals surface area contributed by atoms with Crippen LogP contribution in [0.4, 0.5) is 0 Å². The number of hydrogen-bond donors (Lipinski definition) is 0. The topological polar surface area (TPSA) is 60.9 Å². The molecular formula is C17H17ClN2O4. The van der Waals surface area contributed by atoms with E-state index in [4.69, 9.17) is 25.8 Å². The minimum absolute atomic E-state index is 0.0770. The molecule has 7 heteroatoms. The fraction of sp³-hybridized carbons (Fsp3) is 0.294. The molecule has 0 saturated carbocycles. The number of nitrogens with zero attached hydrogens (tertiary/aromatic N) is 2. The predicted molar refractivity (Wildman–Crippen MR) is 89.1 cm³/mol. The Balaban J connectivity index is 1.61. The Bertz CT molecular complexity index is 730. The lowest BCUT2D eigenvalue weighted by molar-refractivity contribution is 0.0158. The van der Waals surface area contributed by atoms with Crippen molar-refractivity contribution >= 4 is 17.5 Å². The highest BCUT2D eigenvalue weighted by atomic mass is 35.5. The van der Waals surface area contributed by atoms with Gasteiger partial charge in [0.1, 0.15) is 17.6 Å². The average Bonchev–Trinajstić information content (AvgIpc) is 2.58. The summed E-state index contributed by atoms with van der Waals surface area (Å²) in [6.45, 7) is 0.997. The molecule has 2 aromatic rings. The minimum atomic E-state index is -0.0987. The van der Waals surface area contributed by atoms with Gasteiger partial charge in [0.25, 0.3) is 5.91 Å². The molecule has 6 nitrogen and oxygen atoms in total. The lowest BCUT2D eigenvalue weighted by Gasteiger charge is -2.38. The Morgan fingerprint density at radius 1 is 1.21 bits per heavy atom. The van der Waals surface area contributed by atoms with Crippen LogP contribution in [-0.4, -0.2) is 49.2 Å². The SMILES string of the molecule is COc1ccc(C(=O)N2CC(Oc3ccc(Cl)cn3)C2)c(OC)c1. The number of carbonyl (C=O) groups excluding carboxylic acids is 1. The second-order valence-corrected chi connectivity index (χ2v) is 5.77. The third-order valence-corrected chi connectivity index (χ3v) is 3.99. The molecule has 1 aliphatic rings. The fourth-order valence-corrected chi connectivity index (χ4v) is 2.54. The van der Waals surface area contributed by atoms with Crippen LogP contribution >= 0.6 is 11.6 Å². The summed E-state index contributed by atoms with van der Waals surface area (Å²) in [6, 6.07) is 8.56. The van der Waals surface area contributed by atoms with E-state index in [0.29, 0.717) is 41.1 Å². The van der Waals surface area contributed by atoms with Gasteiger partial charge < -0.3 is 19.1 Å².